The predicted molar refractivity (Wildman–Crippen MR) is 264 cm³/mol. The van der Waals surface area contributed by atoms with Gasteiger partial charge in [0.25, 0.3) is 23.6 Å². The molecule has 0 bridgehead atoms. The second-order valence-corrected chi connectivity index (χ2v) is 19.9. The van der Waals surface area contributed by atoms with E-state index in [1.54, 1.807) is 19.0 Å². The number of hydrogen-bond donors (Lipinski definition) is 1. The zero-order valence-electron chi connectivity index (χ0n) is 40.4. The molecule has 4 aromatic carbocycles. The molecule has 4 fully saturated rings. The fourth-order valence-electron chi connectivity index (χ4n) is 10.8. The van der Waals surface area contributed by atoms with Gasteiger partial charge in [-0.05, 0) is 154 Å². The maximum absolute atomic E-state index is 13.3. The molecule has 0 spiro atoms. The molecule has 1 N–H and O–H groups in total. The lowest BCUT2D eigenvalue weighted by atomic mass is 9.88. The number of rotatable bonds is 13. The average Bonchev–Trinajstić information content (AvgIpc) is 3.33. The topological polar surface area (TPSA) is 115 Å². The summed E-state index contributed by atoms with van der Waals surface area (Å²) < 4.78 is 12.0. The Hall–Kier alpha value is -5.72. The third-order valence-corrected chi connectivity index (χ3v) is 15.4. The number of nitrogens with one attached hydrogen (secondary N) is 1. The molecule has 4 aliphatic heterocycles. The van der Waals surface area contributed by atoms with Crippen LogP contribution in [0.15, 0.2) is 84.9 Å². The highest BCUT2D eigenvalue weighted by Gasteiger charge is 2.37. The van der Waals surface area contributed by atoms with Gasteiger partial charge in [-0.2, -0.15) is 0 Å². The van der Waals surface area contributed by atoms with Gasteiger partial charge in [-0.3, -0.25) is 19.2 Å². The van der Waals surface area contributed by atoms with Crippen LogP contribution in [0.2, 0.25) is 0 Å². The first-order chi connectivity index (χ1) is 33.1. The second kappa shape index (κ2) is 21.7. The molecule has 2 aliphatic carbocycles. The van der Waals surface area contributed by atoms with Crippen LogP contribution in [0.1, 0.15) is 135 Å². The van der Waals surface area contributed by atoms with Crippen LogP contribution in [0.5, 0.6) is 11.5 Å². The molecule has 0 radical (unpaired) electrons. The summed E-state index contributed by atoms with van der Waals surface area (Å²) in [4.78, 5) is 61.6. The van der Waals surface area contributed by atoms with Crippen LogP contribution in [0, 0.1) is 0 Å². The van der Waals surface area contributed by atoms with Crippen LogP contribution in [0.3, 0.4) is 0 Å². The molecule has 0 atom stereocenters. The fourth-order valence-corrected chi connectivity index (χ4v) is 10.8. The number of piperidine rings is 2. The molecule has 12 heteroatoms. The van der Waals surface area contributed by atoms with Crippen LogP contribution in [-0.2, 0) is 26.1 Å². The molecular formula is C56H70N6O6. The maximum atomic E-state index is 13.3. The Morgan fingerprint density at radius 3 is 1.37 bits per heavy atom. The molecule has 68 heavy (non-hydrogen) atoms. The number of hydrogen-bond acceptors (Lipinski definition) is 8. The van der Waals surface area contributed by atoms with Crippen molar-refractivity contribution in [3.05, 3.63) is 129 Å². The minimum absolute atomic E-state index is 0.00946. The molecule has 2 saturated carbocycles. The molecule has 10 rings (SSSR count). The molecule has 0 unspecified atom stereocenters. The van der Waals surface area contributed by atoms with Crippen LogP contribution in [-0.4, -0.2) is 132 Å². The molecule has 360 valence electrons. The normalized spacial score (nSPS) is 19.5. The van der Waals surface area contributed by atoms with E-state index in [4.69, 9.17) is 9.47 Å². The molecule has 4 aromatic rings. The first kappa shape index (κ1) is 47.4. The molecule has 2 saturated heterocycles. The van der Waals surface area contributed by atoms with Gasteiger partial charge in [0, 0.05) is 106 Å². The molecule has 4 heterocycles. The van der Waals surface area contributed by atoms with Gasteiger partial charge in [0.2, 0.25) is 0 Å². The van der Waals surface area contributed by atoms with E-state index in [1.165, 1.54) is 38.5 Å². The first-order valence-corrected chi connectivity index (χ1v) is 25.4. The highest BCUT2D eigenvalue weighted by molar-refractivity contribution is 5.98. The smallest absolute Gasteiger partial charge is 0.254 e. The van der Waals surface area contributed by atoms with Crippen molar-refractivity contribution >= 4 is 23.6 Å². The average molecular weight is 923 g/mol. The summed E-state index contributed by atoms with van der Waals surface area (Å²) in [6.45, 7) is 9.47. The fraction of sp³-hybridized carbons (Fsp3) is 0.500. The molecule has 12 nitrogen and oxygen atoms in total. The first-order valence-electron chi connectivity index (χ1n) is 25.4. The highest BCUT2D eigenvalue weighted by Crippen LogP contribution is 2.33. The van der Waals surface area contributed by atoms with E-state index in [1.807, 2.05) is 91.9 Å². The second-order valence-electron chi connectivity index (χ2n) is 19.9. The Kier molecular flexibility index (Phi) is 15.1. The number of fused-ring (bicyclic) bond motifs is 2. The minimum Gasteiger partial charge on any atom is -0.489 e. The summed E-state index contributed by atoms with van der Waals surface area (Å²) in [5.74, 6) is 1.84. The van der Waals surface area contributed by atoms with Gasteiger partial charge in [-0.25, -0.2) is 0 Å². The van der Waals surface area contributed by atoms with Crippen molar-refractivity contribution in [3.8, 4) is 11.5 Å². The summed E-state index contributed by atoms with van der Waals surface area (Å²) in [5, 5.41) is 2.80. The van der Waals surface area contributed by atoms with E-state index in [2.05, 4.69) is 24.9 Å². The van der Waals surface area contributed by atoms with Crippen molar-refractivity contribution in [1.29, 1.82) is 0 Å². The Bertz CT molecular complexity index is 2400. The summed E-state index contributed by atoms with van der Waals surface area (Å²) in [7, 11) is 3.50. The largest absolute Gasteiger partial charge is 0.489 e. The number of carbonyl (C=O) groups excluding carboxylic acids is 4. The number of carbonyl (C=O) groups is 4. The van der Waals surface area contributed by atoms with Crippen molar-refractivity contribution in [1.82, 2.24) is 29.8 Å². The van der Waals surface area contributed by atoms with Gasteiger partial charge in [0.05, 0.1) is 0 Å². The summed E-state index contributed by atoms with van der Waals surface area (Å²) in [6.07, 6.45) is 14.3. The van der Waals surface area contributed by atoms with Gasteiger partial charge in [-0.1, -0.05) is 37.1 Å². The van der Waals surface area contributed by atoms with Gasteiger partial charge in [0.15, 0.2) is 0 Å². The van der Waals surface area contributed by atoms with E-state index in [0.29, 0.717) is 43.0 Å². The Morgan fingerprint density at radius 2 is 0.985 bits per heavy atom. The third-order valence-electron chi connectivity index (χ3n) is 15.4. The van der Waals surface area contributed by atoms with Crippen molar-refractivity contribution in [2.45, 2.75) is 121 Å². The number of ether oxygens (including phenoxy) is 2. The standard InChI is InChI=1S/2C28H35N3O3/c1-29(2)27(32)21-8-6-20(7-9-21)19-34-25-10-11-26-22(18-25)12-17-31(28(26)33)24-13-15-30(16-14-24)23-4-3-5-23;1-2-29-27(32)21-8-6-20(7-9-21)19-34-25-10-11-26-22(18-25)12-17-31(28(26)33)24-13-15-30(16-14-24)23-4-3-5-23/h6-11,18,23-24H,3-5,12-17,19H2,1-2H3;6-11,18,23-24H,2-5,12-17,19H2,1H3,(H,29,32). The van der Waals surface area contributed by atoms with Crippen LogP contribution < -0.4 is 14.8 Å². The van der Waals surface area contributed by atoms with E-state index in [0.717, 1.165) is 135 Å². The predicted octanol–water partition coefficient (Wildman–Crippen LogP) is 8.01. The minimum atomic E-state index is -0.0627. The summed E-state index contributed by atoms with van der Waals surface area (Å²) in [6, 6.07) is 29.0. The highest BCUT2D eigenvalue weighted by atomic mass is 16.5. The lowest BCUT2D eigenvalue weighted by Crippen LogP contribution is -2.52. The lowest BCUT2D eigenvalue weighted by Gasteiger charge is -2.45. The number of benzene rings is 4. The van der Waals surface area contributed by atoms with E-state index in [9.17, 15) is 19.2 Å². The Labute approximate surface area is 402 Å². The van der Waals surface area contributed by atoms with Crippen molar-refractivity contribution in [3.63, 3.8) is 0 Å². The van der Waals surface area contributed by atoms with Crippen LogP contribution in [0.25, 0.3) is 0 Å². The van der Waals surface area contributed by atoms with Crippen molar-refractivity contribution < 1.29 is 28.7 Å². The van der Waals surface area contributed by atoms with Gasteiger partial charge in [-0.15, -0.1) is 0 Å². The van der Waals surface area contributed by atoms with Gasteiger partial charge < -0.3 is 39.3 Å². The number of amides is 4. The van der Waals surface area contributed by atoms with Crippen LogP contribution in [0.4, 0.5) is 0 Å². The van der Waals surface area contributed by atoms with Crippen molar-refractivity contribution in [2.24, 2.45) is 0 Å². The summed E-state index contributed by atoms with van der Waals surface area (Å²) >= 11 is 0. The van der Waals surface area contributed by atoms with Crippen molar-refractivity contribution in [2.75, 3.05) is 59.9 Å². The molecule has 6 aliphatic rings. The van der Waals surface area contributed by atoms with Gasteiger partial charge in [0.1, 0.15) is 24.7 Å². The molecule has 0 aromatic heterocycles. The third kappa shape index (κ3) is 10.9. The quantitative estimate of drug-likeness (QED) is 0.144. The van der Waals surface area contributed by atoms with E-state index in [-0.39, 0.29) is 23.6 Å². The zero-order valence-corrected chi connectivity index (χ0v) is 40.4. The lowest BCUT2D eigenvalue weighted by molar-refractivity contribution is 0.0409. The molecular weight excluding hydrogens is 853 g/mol. The Balaban J connectivity index is 0.000000170. The maximum Gasteiger partial charge on any atom is 0.254 e. The van der Waals surface area contributed by atoms with Gasteiger partial charge >= 0.3 is 0 Å². The summed E-state index contributed by atoms with van der Waals surface area (Å²) in [5.41, 5.74) is 7.13. The number of likely N-dealkylation sites (tertiary alicyclic amines) is 2. The number of nitrogens with zero attached hydrogens (tertiary/aromatic N) is 5. The van der Waals surface area contributed by atoms with Crippen LogP contribution >= 0.6 is 0 Å². The van der Waals surface area contributed by atoms with E-state index < -0.39 is 0 Å². The monoisotopic (exact) mass is 923 g/mol. The molecule has 4 amide bonds. The Morgan fingerprint density at radius 1 is 0.559 bits per heavy atom. The SMILES string of the molecule is CCNC(=O)c1ccc(COc2ccc3c(c2)CCN(C2CCN(C4CCC4)CC2)C3=O)cc1.CN(C)C(=O)c1ccc(COc2ccc3c(c2)CCN(C2CCN(C4CCC4)CC2)C3=O)cc1. The van der Waals surface area contributed by atoms with E-state index >= 15 is 0 Å². The zero-order chi connectivity index (χ0) is 47.1.